The van der Waals surface area contributed by atoms with E-state index < -0.39 is 5.97 Å². The lowest BCUT2D eigenvalue weighted by molar-refractivity contribution is 0.0697. The zero-order valence-electron chi connectivity index (χ0n) is 11.2. The van der Waals surface area contributed by atoms with Crippen LogP contribution in [0.25, 0.3) is 10.9 Å². The predicted molar refractivity (Wildman–Crippen MR) is 74.3 cm³/mol. The lowest BCUT2D eigenvalue weighted by atomic mass is 10.1. The molecule has 4 rings (SSSR count). The standard InChI is InChI=1S/C15H13N3O3/c19-15(20)11-3-4-12-10(7-11)5-6-18(12)8-13-16-14(21-17-13)9-1-2-9/h3-7,9H,1-2,8H2,(H,19,20). The molecule has 1 aliphatic carbocycles. The molecule has 1 saturated carbocycles. The fraction of sp³-hybridized carbons (Fsp3) is 0.267. The van der Waals surface area contributed by atoms with Gasteiger partial charge in [-0.25, -0.2) is 4.79 Å². The van der Waals surface area contributed by atoms with Crippen LogP contribution in [0.15, 0.2) is 35.0 Å². The van der Waals surface area contributed by atoms with Crippen molar-refractivity contribution in [3.05, 3.63) is 47.7 Å². The summed E-state index contributed by atoms with van der Waals surface area (Å²) in [5.41, 5.74) is 1.24. The van der Waals surface area contributed by atoms with Gasteiger partial charge in [-0.15, -0.1) is 0 Å². The van der Waals surface area contributed by atoms with Gasteiger partial charge in [0.25, 0.3) is 0 Å². The van der Waals surface area contributed by atoms with Crippen molar-refractivity contribution in [2.24, 2.45) is 0 Å². The van der Waals surface area contributed by atoms with Crippen molar-refractivity contribution in [1.29, 1.82) is 0 Å². The number of hydrogen-bond donors (Lipinski definition) is 1. The van der Waals surface area contributed by atoms with Gasteiger partial charge in [-0.3, -0.25) is 0 Å². The second kappa shape index (κ2) is 4.44. The smallest absolute Gasteiger partial charge is 0.335 e. The minimum absolute atomic E-state index is 0.288. The summed E-state index contributed by atoms with van der Waals surface area (Å²) in [5.74, 6) is 0.911. The lowest BCUT2D eigenvalue weighted by Crippen LogP contribution is -2.00. The van der Waals surface area contributed by atoms with Gasteiger partial charge in [0, 0.05) is 23.0 Å². The maximum Gasteiger partial charge on any atom is 0.335 e. The number of aromatic carboxylic acids is 1. The van der Waals surface area contributed by atoms with Gasteiger partial charge in [-0.05, 0) is 37.1 Å². The molecule has 0 aliphatic heterocycles. The van der Waals surface area contributed by atoms with Crippen molar-refractivity contribution in [2.45, 2.75) is 25.3 Å². The monoisotopic (exact) mass is 283 g/mol. The first-order chi connectivity index (χ1) is 10.2. The number of carbonyl (C=O) groups is 1. The van der Waals surface area contributed by atoms with E-state index in [1.54, 1.807) is 18.2 Å². The van der Waals surface area contributed by atoms with E-state index in [4.69, 9.17) is 9.63 Å². The SMILES string of the molecule is O=C(O)c1ccc2c(ccn2Cc2noc(C3CC3)n2)c1. The lowest BCUT2D eigenvalue weighted by Gasteiger charge is -2.02. The Morgan fingerprint density at radius 1 is 1.38 bits per heavy atom. The van der Waals surface area contributed by atoms with Crippen molar-refractivity contribution in [3.8, 4) is 0 Å². The largest absolute Gasteiger partial charge is 0.478 e. The number of benzene rings is 1. The van der Waals surface area contributed by atoms with Gasteiger partial charge in [-0.2, -0.15) is 4.98 Å². The van der Waals surface area contributed by atoms with Crippen LogP contribution >= 0.6 is 0 Å². The van der Waals surface area contributed by atoms with Gasteiger partial charge < -0.3 is 14.2 Å². The van der Waals surface area contributed by atoms with Gasteiger partial charge >= 0.3 is 5.97 Å². The fourth-order valence-electron chi connectivity index (χ4n) is 2.45. The summed E-state index contributed by atoms with van der Waals surface area (Å²) in [6, 6.07) is 6.97. The molecule has 2 aromatic heterocycles. The van der Waals surface area contributed by atoms with Gasteiger partial charge in [-0.1, -0.05) is 5.16 Å². The Hall–Kier alpha value is -2.63. The summed E-state index contributed by atoms with van der Waals surface area (Å²) in [6.45, 7) is 0.520. The molecule has 6 nitrogen and oxygen atoms in total. The van der Waals surface area contributed by atoms with E-state index in [1.165, 1.54) is 0 Å². The Balaban J connectivity index is 1.64. The average molecular weight is 283 g/mol. The average Bonchev–Trinajstić information content (AvgIpc) is 3.10. The van der Waals surface area contributed by atoms with E-state index in [2.05, 4.69) is 10.1 Å². The van der Waals surface area contributed by atoms with Crippen LogP contribution in [0.5, 0.6) is 0 Å². The first-order valence-electron chi connectivity index (χ1n) is 6.85. The third-order valence-corrected chi connectivity index (χ3v) is 3.74. The van der Waals surface area contributed by atoms with E-state index >= 15 is 0 Å². The van der Waals surface area contributed by atoms with Gasteiger partial charge in [0.1, 0.15) is 0 Å². The minimum Gasteiger partial charge on any atom is -0.478 e. The number of aromatic nitrogens is 3. The summed E-state index contributed by atoms with van der Waals surface area (Å²) in [5, 5.41) is 13.9. The van der Waals surface area contributed by atoms with Gasteiger partial charge in [0.2, 0.25) is 5.89 Å². The number of fused-ring (bicyclic) bond motifs is 1. The van der Waals surface area contributed by atoms with E-state index in [0.717, 1.165) is 29.6 Å². The molecule has 0 radical (unpaired) electrons. The van der Waals surface area contributed by atoms with Crippen LogP contribution in [0, 0.1) is 0 Å². The van der Waals surface area contributed by atoms with E-state index in [9.17, 15) is 4.79 Å². The number of carboxylic acid groups (broad SMARTS) is 1. The Labute approximate surface area is 120 Å². The second-order valence-electron chi connectivity index (χ2n) is 5.35. The van der Waals surface area contributed by atoms with Crippen molar-refractivity contribution >= 4 is 16.9 Å². The zero-order valence-corrected chi connectivity index (χ0v) is 11.2. The zero-order chi connectivity index (χ0) is 14.4. The molecule has 1 N–H and O–H groups in total. The maximum absolute atomic E-state index is 11.0. The molecule has 1 fully saturated rings. The molecule has 0 saturated heterocycles. The molecule has 21 heavy (non-hydrogen) atoms. The molecule has 0 spiro atoms. The Morgan fingerprint density at radius 3 is 3.00 bits per heavy atom. The number of hydrogen-bond acceptors (Lipinski definition) is 4. The number of rotatable bonds is 4. The van der Waals surface area contributed by atoms with Crippen LogP contribution in [0.2, 0.25) is 0 Å². The molecule has 1 aliphatic rings. The van der Waals surface area contributed by atoms with Crippen LogP contribution in [-0.4, -0.2) is 25.8 Å². The second-order valence-corrected chi connectivity index (χ2v) is 5.35. The fourth-order valence-corrected chi connectivity index (χ4v) is 2.45. The molecular weight excluding hydrogens is 270 g/mol. The Kier molecular flexibility index (Phi) is 2.57. The highest BCUT2D eigenvalue weighted by atomic mass is 16.5. The topological polar surface area (TPSA) is 81.1 Å². The van der Waals surface area contributed by atoms with Crippen molar-refractivity contribution < 1.29 is 14.4 Å². The summed E-state index contributed by atoms with van der Waals surface area (Å²) in [7, 11) is 0. The van der Waals surface area contributed by atoms with Crippen LogP contribution in [0.1, 0.15) is 40.8 Å². The molecule has 0 amide bonds. The summed E-state index contributed by atoms with van der Waals surface area (Å²) in [4.78, 5) is 15.4. The Bertz CT molecular complexity index is 830. The van der Waals surface area contributed by atoms with Gasteiger partial charge in [0.05, 0.1) is 12.1 Å². The van der Waals surface area contributed by atoms with Crippen LogP contribution in [0.4, 0.5) is 0 Å². The van der Waals surface area contributed by atoms with Crippen LogP contribution in [-0.2, 0) is 6.54 Å². The number of carboxylic acids is 1. The summed E-state index contributed by atoms with van der Waals surface area (Å²) < 4.78 is 7.24. The highest BCUT2D eigenvalue weighted by molar-refractivity contribution is 5.93. The molecule has 2 heterocycles. The van der Waals surface area contributed by atoms with Crippen molar-refractivity contribution in [3.63, 3.8) is 0 Å². The number of nitrogens with zero attached hydrogens (tertiary/aromatic N) is 3. The predicted octanol–water partition coefficient (Wildman–Crippen LogP) is 2.65. The molecule has 1 aromatic carbocycles. The Morgan fingerprint density at radius 2 is 2.24 bits per heavy atom. The quantitative estimate of drug-likeness (QED) is 0.796. The van der Waals surface area contributed by atoms with E-state index in [1.807, 2.05) is 16.8 Å². The molecule has 106 valence electrons. The highest BCUT2D eigenvalue weighted by Gasteiger charge is 2.29. The normalized spacial score (nSPS) is 14.7. The third-order valence-electron chi connectivity index (χ3n) is 3.74. The molecule has 0 bridgehead atoms. The van der Waals surface area contributed by atoms with E-state index in [0.29, 0.717) is 18.3 Å². The molecule has 3 aromatic rings. The van der Waals surface area contributed by atoms with Crippen LogP contribution < -0.4 is 0 Å². The highest BCUT2D eigenvalue weighted by Crippen LogP contribution is 2.38. The third kappa shape index (κ3) is 2.18. The van der Waals surface area contributed by atoms with Gasteiger partial charge in [0.15, 0.2) is 5.82 Å². The summed E-state index contributed by atoms with van der Waals surface area (Å²) in [6.07, 6.45) is 4.17. The van der Waals surface area contributed by atoms with Crippen molar-refractivity contribution in [2.75, 3.05) is 0 Å². The first kappa shape index (κ1) is 12.1. The summed E-state index contributed by atoms with van der Waals surface area (Å²) >= 11 is 0. The maximum atomic E-state index is 11.0. The molecule has 6 heteroatoms. The minimum atomic E-state index is -0.920. The molecule has 0 unspecified atom stereocenters. The van der Waals surface area contributed by atoms with Crippen molar-refractivity contribution in [1.82, 2.24) is 14.7 Å². The van der Waals surface area contributed by atoms with E-state index in [-0.39, 0.29) is 5.56 Å². The first-order valence-corrected chi connectivity index (χ1v) is 6.85. The molecular formula is C15H13N3O3. The van der Waals surface area contributed by atoms with Crippen LogP contribution in [0.3, 0.4) is 0 Å². The molecule has 0 atom stereocenters.